The summed E-state index contributed by atoms with van der Waals surface area (Å²) in [6.07, 6.45) is 0.656. The monoisotopic (exact) mass is 384 g/mol. The third kappa shape index (κ3) is 4.42. The first-order valence-corrected chi connectivity index (χ1v) is 9.23. The van der Waals surface area contributed by atoms with E-state index in [1.807, 2.05) is 32.0 Å². The third-order valence-electron chi connectivity index (χ3n) is 4.87. The van der Waals surface area contributed by atoms with Crippen LogP contribution in [0.25, 0.3) is 0 Å². The summed E-state index contributed by atoms with van der Waals surface area (Å²) in [7, 11) is 0. The molecular weight excluding hydrogens is 360 g/mol. The Kier molecular flexibility index (Phi) is 5.82. The predicted octanol–water partition coefficient (Wildman–Crippen LogP) is 2.82. The highest BCUT2D eigenvalue weighted by Gasteiger charge is 2.37. The number of carbonyl (C=O) groups excluding carboxylic acids is 3. The zero-order valence-electron chi connectivity index (χ0n) is 16.2. The number of amides is 2. The number of para-hydroxylation sites is 1. The molecule has 0 aliphatic carbocycles. The highest BCUT2D eigenvalue weighted by Crippen LogP contribution is 2.23. The molecule has 2 heterocycles. The lowest BCUT2D eigenvalue weighted by atomic mass is 10.1. The second-order valence-corrected chi connectivity index (χ2v) is 7.09. The topological polar surface area (TPSA) is 88.8 Å². The van der Waals surface area contributed by atoms with Gasteiger partial charge in [0.15, 0.2) is 6.10 Å². The first-order chi connectivity index (χ1) is 13.3. The third-order valence-corrected chi connectivity index (χ3v) is 4.87. The van der Waals surface area contributed by atoms with Crippen LogP contribution in [0.4, 0.5) is 5.69 Å². The molecule has 1 aliphatic rings. The molecule has 0 bridgehead atoms. The van der Waals surface area contributed by atoms with Crippen LogP contribution in [-0.4, -0.2) is 35.3 Å². The van der Waals surface area contributed by atoms with Gasteiger partial charge in [-0.25, -0.2) is 0 Å². The van der Waals surface area contributed by atoms with Crippen LogP contribution < -0.4 is 5.32 Å². The summed E-state index contributed by atoms with van der Waals surface area (Å²) >= 11 is 0. The van der Waals surface area contributed by atoms with E-state index in [1.165, 1.54) is 13.2 Å². The molecule has 7 heteroatoms. The highest BCUT2D eigenvalue weighted by atomic mass is 16.5. The van der Waals surface area contributed by atoms with Gasteiger partial charge >= 0.3 is 5.97 Å². The van der Waals surface area contributed by atoms with Crippen molar-refractivity contribution in [3.63, 3.8) is 0 Å². The quantitative estimate of drug-likeness (QED) is 0.774. The van der Waals surface area contributed by atoms with Gasteiger partial charge in [-0.3, -0.25) is 14.4 Å². The molecule has 0 radical (unpaired) electrons. The number of aryl methyl sites for hydroxylation is 2. The van der Waals surface area contributed by atoms with Crippen molar-refractivity contribution < 1.29 is 23.5 Å². The number of ether oxygens (including phenoxy) is 1. The molecule has 1 fully saturated rings. The van der Waals surface area contributed by atoms with Crippen molar-refractivity contribution in [2.45, 2.75) is 39.8 Å². The van der Waals surface area contributed by atoms with Crippen molar-refractivity contribution >= 4 is 23.5 Å². The number of rotatable bonds is 6. The number of likely N-dealkylation sites (tertiary alicyclic amines) is 1. The number of nitrogens with one attached hydrogen (secondary N) is 1. The van der Waals surface area contributed by atoms with E-state index in [0.29, 0.717) is 12.3 Å². The largest absolute Gasteiger partial charge is 0.467 e. The fraction of sp³-hybridized carbons (Fsp3) is 0.381. The average Bonchev–Trinajstić information content (AvgIpc) is 3.28. The number of hydrogen-bond donors (Lipinski definition) is 1. The van der Waals surface area contributed by atoms with Crippen LogP contribution >= 0.6 is 0 Å². The summed E-state index contributed by atoms with van der Waals surface area (Å²) in [5.41, 5.74) is 2.58. The Hall–Kier alpha value is -3.09. The minimum Gasteiger partial charge on any atom is -0.467 e. The van der Waals surface area contributed by atoms with E-state index in [2.05, 4.69) is 5.32 Å². The summed E-state index contributed by atoms with van der Waals surface area (Å²) < 4.78 is 10.6. The summed E-state index contributed by atoms with van der Waals surface area (Å²) in [4.78, 5) is 38.6. The summed E-state index contributed by atoms with van der Waals surface area (Å²) in [6.45, 7) is 5.90. The van der Waals surface area contributed by atoms with E-state index < -0.39 is 23.9 Å². The van der Waals surface area contributed by atoms with Crippen LogP contribution in [0.15, 0.2) is 41.0 Å². The van der Waals surface area contributed by atoms with E-state index in [-0.39, 0.29) is 18.9 Å². The molecule has 2 amide bonds. The molecule has 2 aromatic rings. The Labute approximate surface area is 163 Å². The Bertz CT molecular complexity index is 855. The number of hydrogen-bond acceptors (Lipinski definition) is 5. The second kappa shape index (κ2) is 8.29. The molecule has 1 aliphatic heterocycles. The van der Waals surface area contributed by atoms with Crippen LogP contribution in [0.2, 0.25) is 0 Å². The molecule has 7 nitrogen and oxygen atoms in total. The Balaban J connectivity index is 1.55. The second-order valence-electron chi connectivity index (χ2n) is 7.09. The predicted molar refractivity (Wildman–Crippen MR) is 102 cm³/mol. The van der Waals surface area contributed by atoms with Gasteiger partial charge in [-0.1, -0.05) is 18.2 Å². The lowest BCUT2D eigenvalue weighted by Crippen LogP contribution is -2.33. The SMILES string of the molecule is Cc1cccc(C)c1NC(=O)[C@@H](C)OC(=O)[C@H]1CC(=O)N(Cc2ccco2)C1. The summed E-state index contributed by atoms with van der Waals surface area (Å²) in [5.74, 6) is -1.01. The minimum absolute atomic E-state index is 0.0742. The van der Waals surface area contributed by atoms with Crippen molar-refractivity contribution in [2.75, 3.05) is 11.9 Å². The number of nitrogens with zero attached hydrogens (tertiary/aromatic N) is 1. The molecule has 1 aromatic heterocycles. The van der Waals surface area contributed by atoms with Crippen LogP contribution in [0, 0.1) is 19.8 Å². The van der Waals surface area contributed by atoms with Gasteiger partial charge in [0.1, 0.15) is 5.76 Å². The molecule has 148 valence electrons. The maximum absolute atomic E-state index is 12.4. The van der Waals surface area contributed by atoms with Crippen LogP contribution in [0.3, 0.4) is 0 Å². The van der Waals surface area contributed by atoms with Crippen molar-refractivity contribution in [1.82, 2.24) is 4.90 Å². The smallest absolute Gasteiger partial charge is 0.312 e. The number of carbonyl (C=O) groups is 3. The Morgan fingerprint density at radius 3 is 2.61 bits per heavy atom. The number of furan rings is 1. The van der Waals surface area contributed by atoms with Gasteiger partial charge in [0.25, 0.3) is 5.91 Å². The first kappa shape index (κ1) is 19.7. The lowest BCUT2D eigenvalue weighted by molar-refractivity contribution is -0.157. The molecular formula is C21H24N2O5. The van der Waals surface area contributed by atoms with Gasteiger partial charge in [-0.15, -0.1) is 0 Å². The van der Waals surface area contributed by atoms with Crippen molar-refractivity contribution in [2.24, 2.45) is 5.92 Å². The van der Waals surface area contributed by atoms with Gasteiger partial charge in [0.2, 0.25) is 5.91 Å². The Morgan fingerprint density at radius 2 is 1.96 bits per heavy atom. The zero-order valence-corrected chi connectivity index (χ0v) is 16.2. The van der Waals surface area contributed by atoms with Gasteiger partial charge < -0.3 is 19.4 Å². The van der Waals surface area contributed by atoms with E-state index >= 15 is 0 Å². The molecule has 1 saturated heterocycles. The van der Waals surface area contributed by atoms with E-state index in [9.17, 15) is 14.4 Å². The van der Waals surface area contributed by atoms with Gasteiger partial charge in [0, 0.05) is 18.7 Å². The standard InChI is InChI=1S/C21H24N2O5/c1-13-6-4-7-14(2)19(13)22-20(25)15(3)28-21(26)16-10-18(24)23(11-16)12-17-8-5-9-27-17/h4-9,15-16H,10-12H2,1-3H3,(H,22,25)/t15-,16+/m1/s1. The fourth-order valence-corrected chi connectivity index (χ4v) is 3.23. The van der Waals surface area contributed by atoms with Gasteiger partial charge in [-0.05, 0) is 44.0 Å². The molecule has 0 saturated carbocycles. The van der Waals surface area contributed by atoms with Crippen LogP contribution in [-0.2, 0) is 25.7 Å². The minimum atomic E-state index is -0.958. The fourth-order valence-electron chi connectivity index (χ4n) is 3.23. The molecule has 0 spiro atoms. The molecule has 2 atom stereocenters. The summed E-state index contributed by atoms with van der Waals surface area (Å²) in [5, 5.41) is 2.82. The Morgan fingerprint density at radius 1 is 1.25 bits per heavy atom. The van der Waals surface area contributed by atoms with Crippen molar-refractivity contribution in [1.29, 1.82) is 0 Å². The van der Waals surface area contributed by atoms with E-state index in [1.54, 1.807) is 17.0 Å². The average molecular weight is 384 g/mol. The van der Waals surface area contributed by atoms with Crippen LogP contribution in [0.5, 0.6) is 0 Å². The van der Waals surface area contributed by atoms with Gasteiger partial charge in [-0.2, -0.15) is 0 Å². The maximum atomic E-state index is 12.4. The van der Waals surface area contributed by atoms with Crippen molar-refractivity contribution in [3.05, 3.63) is 53.5 Å². The molecule has 28 heavy (non-hydrogen) atoms. The molecule has 3 rings (SSSR count). The number of esters is 1. The van der Waals surface area contributed by atoms with E-state index in [0.717, 1.165) is 16.8 Å². The normalized spacial score (nSPS) is 17.5. The summed E-state index contributed by atoms with van der Waals surface area (Å²) in [6, 6.07) is 9.24. The maximum Gasteiger partial charge on any atom is 0.312 e. The van der Waals surface area contributed by atoms with E-state index in [4.69, 9.17) is 9.15 Å². The highest BCUT2D eigenvalue weighted by molar-refractivity contribution is 5.96. The molecule has 0 unspecified atom stereocenters. The zero-order chi connectivity index (χ0) is 20.3. The van der Waals surface area contributed by atoms with Crippen LogP contribution in [0.1, 0.15) is 30.2 Å². The number of benzene rings is 1. The van der Waals surface area contributed by atoms with Gasteiger partial charge in [0.05, 0.1) is 18.7 Å². The van der Waals surface area contributed by atoms with Crippen molar-refractivity contribution in [3.8, 4) is 0 Å². The first-order valence-electron chi connectivity index (χ1n) is 9.23. The number of anilines is 1. The molecule has 1 aromatic carbocycles. The molecule has 1 N–H and O–H groups in total. The lowest BCUT2D eigenvalue weighted by Gasteiger charge is -2.18.